The summed E-state index contributed by atoms with van der Waals surface area (Å²) >= 11 is 0. The lowest BCUT2D eigenvalue weighted by atomic mass is 10.00. The van der Waals surface area contributed by atoms with E-state index >= 15 is 0 Å². The number of ketones is 1. The van der Waals surface area contributed by atoms with E-state index in [1.54, 1.807) is 0 Å². The Morgan fingerprint density at radius 3 is 1.98 bits per heavy atom. The van der Waals surface area contributed by atoms with E-state index in [9.17, 15) is 19.5 Å². The van der Waals surface area contributed by atoms with Gasteiger partial charge in [-0.1, -0.05) is 77.6 Å². The fourth-order valence-corrected chi connectivity index (χ4v) is 7.46. The molecule has 0 spiro atoms. The summed E-state index contributed by atoms with van der Waals surface area (Å²) in [5.41, 5.74) is 0.805. The Labute approximate surface area is 285 Å². The van der Waals surface area contributed by atoms with E-state index in [2.05, 4.69) is 6.92 Å². The Morgan fingerprint density at radius 1 is 0.787 bits per heavy atom. The molecule has 270 valence electrons. The van der Waals surface area contributed by atoms with Gasteiger partial charge in [-0.15, -0.1) is 0 Å². The van der Waals surface area contributed by atoms with Crippen molar-refractivity contribution in [1.82, 2.24) is 0 Å². The first-order chi connectivity index (χ1) is 22.8. The van der Waals surface area contributed by atoms with Gasteiger partial charge in [-0.05, 0) is 83.6 Å². The molecule has 0 amide bonds. The van der Waals surface area contributed by atoms with E-state index in [1.807, 2.05) is 13.0 Å². The zero-order chi connectivity index (χ0) is 33.9. The Morgan fingerprint density at radius 2 is 1.34 bits per heavy atom. The summed E-state index contributed by atoms with van der Waals surface area (Å²) in [7, 11) is 0. The van der Waals surface area contributed by atoms with Crippen molar-refractivity contribution in [2.45, 2.75) is 218 Å². The van der Waals surface area contributed by atoms with Gasteiger partial charge in [0, 0.05) is 25.3 Å². The van der Waals surface area contributed by atoms with Crippen molar-refractivity contribution in [2.24, 2.45) is 0 Å². The number of carbonyl (C=O) groups is 3. The van der Waals surface area contributed by atoms with Gasteiger partial charge in [-0.3, -0.25) is 9.59 Å². The molecule has 0 unspecified atom stereocenters. The van der Waals surface area contributed by atoms with Crippen LogP contribution in [-0.2, 0) is 33.3 Å². The maximum Gasteiger partial charge on any atom is 0.334 e. The number of unbranched alkanes of at least 4 members (excludes halogenated alkanes) is 12. The monoisotopic (exact) mass is 662 g/mol. The summed E-state index contributed by atoms with van der Waals surface area (Å²) < 4.78 is 23.6. The van der Waals surface area contributed by atoms with E-state index in [0.717, 1.165) is 95.5 Å². The number of ether oxygens (including phenoxy) is 4. The van der Waals surface area contributed by atoms with Crippen LogP contribution in [0.25, 0.3) is 0 Å². The average Bonchev–Trinajstić information content (AvgIpc) is 3.79. The summed E-state index contributed by atoms with van der Waals surface area (Å²) in [6.07, 6.45) is 24.4. The van der Waals surface area contributed by atoms with Crippen LogP contribution in [0.15, 0.2) is 11.6 Å². The molecular formula is C39H66O8. The Bertz CT molecular complexity index is 947. The minimum atomic E-state index is -0.411. The van der Waals surface area contributed by atoms with Crippen LogP contribution in [0, 0.1) is 0 Å². The molecule has 2 saturated heterocycles. The van der Waals surface area contributed by atoms with Gasteiger partial charge in [0.15, 0.2) is 0 Å². The molecule has 0 aromatic rings. The van der Waals surface area contributed by atoms with Gasteiger partial charge in [0.1, 0.15) is 18.0 Å². The second-order valence-corrected chi connectivity index (χ2v) is 14.4. The van der Waals surface area contributed by atoms with Crippen LogP contribution in [0.5, 0.6) is 0 Å². The second kappa shape index (κ2) is 22.8. The highest BCUT2D eigenvalue weighted by Gasteiger charge is 2.41. The van der Waals surface area contributed by atoms with Crippen molar-refractivity contribution < 1.29 is 38.4 Å². The quantitative estimate of drug-likeness (QED) is 0.0724. The van der Waals surface area contributed by atoms with Gasteiger partial charge in [0.05, 0.1) is 30.5 Å². The highest BCUT2D eigenvalue weighted by atomic mass is 16.6. The Balaban J connectivity index is 1.24. The van der Waals surface area contributed by atoms with Gasteiger partial charge >= 0.3 is 11.9 Å². The Kier molecular flexibility index (Phi) is 19.2. The summed E-state index contributed by atoms with van der Waals surface area (Å²) in [6, 6.07) is 0. The summed E-state index contributed by atoms with van der Waals surface area (Å²) in [6.45, 7) is 5.57. The topological polar surface area (TPSA) is 108 Å². The zero-order valence-electron chi connectivity index (χ0n) is 29.9. The van der Waals surface area contributed by atoms with Crippen LogP contribution in [0.3, 0.4) is 0 Å². The summed E-state index contributed by atoms with van der Waals surface area (Å²) in [4.78, 5) is 36.0. The van der Waals surface area contributed by atoms with E-state index in [1.165, 1.54) is 51.9 Å². The molecule has 8 nitrogen and oxygen atoms in total. The highest BCUT2D eigenvalue weighted by molar-refractivity contribution is 5.90. The minimum absolute atomic E-state index is 0.0128. The van der Waals surface area contributed by atoms with Crippen molar-refractivity contribution in [3.8, 4) is 0 Å². The molecule has 0 saturated carbocycles. The molecule has 47 heavy (non-hydrogen) atoms. The van der Waals surface area contributed by atoms with Gasteiger partial charge in [0.25, 0.3) is 0 Å². The average molecular weight is 663 g/mol. The third kappa shape index (κ3) is 15.5. The first-order valence-electron chi connectivity index (χ1n) is 19.4. The zero-order valence-corrected chi connectivity index (χ0v) is 29.9. The molecular weight excluding hydrogens is 596 g/mol. The number of cyclic esters (lactones) is 1. The number of Topliss-reactive ketones (excluding diaryl/α,β-unsaturated/α-hetero) is 1. The molecule has 7 atom stereocenters. The summed E-state index contributed by atoms with van der Waals surface area (Å²) in [5, 5.41) is 10.8. The number of aliphatic hydroxyl groups excluding tert-OH is 1. The molecule has 0 radical (unpaired) electrons. The first kappa shape index (κ1) is 39.7. The second-order valence-electron chi connectivity index (χ2n) is 14.4. The van der Waals surface area contributed by atoms with Crippen molar-refractivity contribution in [1.29, 1.82) is 0 Å². The fraction of sp³-hybridized carbons (Fsp3) is 0.872. The van der Waals surface area contributed by atoms with Crippen LogP contribution in [0.2, 0.25) is 0 Å². The third-order valence-corrected chi connectivity index (χ3v) is 10.2. The number of rotatable bonds is 26. The maximum atomic E-state index is 12.4. The lowest BCUT2D eigenvalue weighted by Gasteiger charge is -2.26. The van der Waals surface area contributed by atoms with E-state index < -0.39 is 6.10 Å². The van der Waals surface area contributed by atoms with Gasteiger partial charge in [0.2, 0.25) is 0 Å². The SMILES string of the molecule is CCCCCCCCCC[C@H](O)[C@H]1CC[C@H]([C@H]2CC[C@H]([C@@H](CCCCC(=O)CCCCCCCC3=C[C@H](C)OC3=O)OC(C)=O)O2)O1. The third-order valence-electron chi connectivity index (χ3n) is 10.2. The Hall–Kier alpha value is -1.77. The van der Waals surface area contributed by atoms with E-state index in [-0.39, 0.29) is 48.6 Å². The molecule has 0 aromatic heterocycles. The maximum absolute atomic E-state index is 12.4. The van der Waals surface area contributed by atoms with Crippen LogP contribution < -0.4 is 0 Å². The smallest absolute Gasteiger partial charge is 0.334 e. The van der Waals surface area contributed by atoms with E-state index in [0.29, 0.717) is 25.0 Å². The lowest BCUT2D eigenvalue weighted by molar-refractivity contribution is -0.158. The molecule has 3 rings (SSSR count). The normalized spacial score (nSPS) is 25.5. The predicted molar refractivity (Wildman–Crippen MR) is 184 cm³/mol. The van der Waals surface area contributed by atoms with Crippen LogP contribution in [0.1, 0.15) is 175 Å². The minimum Gasteiger partial charge on any atom is -0.460 e. The molecule has 0 aromatic carbocycles. The van der Waals surface area contributed by atoms with Crippen molar-refractivity contribution in [3.63, 3.8) is 0 Å². The van der Waals surface area contributed by atoms with Gasteiger partial charge in [-0.25, -0.2) is 4.79 Å². The largest absolute Gasteiger partial charge is 0.460 e. The number of hydrogen-bond donors (Lipinski definition) is 1. The summed E-state index contributed by atoms with van der Waals surface area (Å²) in [5.74, 6) is -0.166. The molecule has 0 bridgehead atoms. The number of hydrogen-bond acceptors (Lipinski definition) is 8. The van der Waals surface area contributed by atoms with Gasteiger partial charge < -0.3 is 24.1 Å². The number of carbonyl (C=O) groups excluding carboxylic acids is 3. The van der Waals surface area contributed by atoms with Crippen molar-refractivity contribution in [2.75, 3.05) is 0 Å². The van der Waals surface area contributed by atoms with Gasteiger partial charge in [-0.2, -0.15) is 0 Å². The predicted octanol–water partition coefficient (Wildman–Crippen LogP) is 8.64. The lowest BCUT2D eigenvalue weighted by Crippen LogP contribution is -2.34. The first-order valence-corrected chi connectivity index (χ1v) is 19.4. The molecule has 0 aliphatic carbocycles. The highest BCUT2D eigenvalue weighted by Crippen LogP contribution is 2.35. The molecule has 8 heteroatoms. The van der Waals surface area contributed by atoms with Crippen molar-refractivity contribution in [3.05, 3.63) is 11.6 Å². The van der Waals surface area contributed by atoms with E-state index in [4.69, 9.17) is 18.9 Å². The number of esters is 2. The fourth-order valence-electron chi connectivity index (χ4n) is 7.46. The molecule has 2 fully saturated rings. The van der Waals surface area contributed by atoms with Crippen LogP contribution in [0.4, 0.5) is 0 Å². The standard InChI is InChI=1S/C39H66O8/c1-4-5-6-7-8-9-13-16-22-33(42)34-24-25-37(46-34)38-27-26-36(47-38)35(45-30(3)40)23-18-17-21-32(41)20-15-12-10-11-14-19-31-28-29(2)44-39(31)43/h28-29,33-38,42H,4-27H2,1-3H3/t29-,33-,34+,35+,36+,37+,38+/m0/s1. The molecule has 1 N–H and O–H groups in total. The molecule has 3 aliphatic heterocycles. The van der Waals surface area contributed by atoms with Crippen LogP contribution in [-0.4, -0.2) is 65.6 Å². The molecule has 3 heterocycles. The number of aliphatic hydroxyl groups is 1. The van der Waals surface area contributed by atoms with Crippen molar-refractivity contribution >= 4 is 17.7 Å². The van der Waals surface area contributed by atoms with Crippen LogP contribution >= 0.6 is 0 Å². The molecule has 3 aliphatic rings.